The predicted molar refractivity (Wildman–Crippen MR) is 115 cm³/mol. The van der Waals surface area contributed by atoms with E-state index in [4.69, 9.17) is 23.2 Å². The first-order valence-electron chi connectivity index (χ1n) is 9.35. The van der Waals surface area contributed by atoms with Gasteiger partial charge in [-0.25, -0.2) is 0 Å². The molecule has 0 aliphatic carbocycles. The van der Waals surface area contributed by atoms with Crippen LogP contribution in [0.2, 0.25) is 10.0 Å². The van der Waals surface area contributed by atoms with Crippen LogP contribution in [-0.2, 0) is 22.4 Å². The zero-order chi connectivity index (χ0) is 20.7. The third kappa shape index (κ3) is 6.54. The Labute approximate surface area is 176 Å². The summed E-state index contributed by atoms with van der Waals surface area (Å²) in [6, 6.07) is 14.4. The van der Waals surface area contributed by atoms with Gasteiger partial charge in [-0.05, 0) is 50.5 Å². The molecule has 0 saturated heterocycles. The van der Waals surface area contributed by atoms with Gasteiger partial charge in [-0.3, -0.25) is 9.59 Å². The Morgan fingerprint density at radius 3 is 2.32 bits per heavy atom. The van der Waals surface area contributed by atoms with E-state index in [0.717, 1.165) is 5.56 Å². The first-order chi connectivity index (χ1) is 13.3. The summed E-state index contributed by atoms with van der Waals surface area (Å²) in [5.74, 6) is -0.315. The minimum absolute atomic E-state index is 0.00624. The topological polar surface area (TPSA) is 49.4 Å². The van der Waals surface area contributed by atoms with Gasteiger partial charge in [0, 0.05) is 22.6 Å². The van der Waals surface area contributed by atoms with E-state index in [1.54, 1.807) is 30.0 Å². The standard InChI is InChI=1S/C22H26Cl2N2O2/c1-15(2)25-22(28)16(3)26(12-11-17-7-5-4-6-8-17)21(27)13-18-9-10-19(23)14-20(18)24/h4-10,14-16H,11-13H2,1-3H3,(H,25,28). The summed E-state index contributed by atoms with van der Waals surface area (Å²) in [5, 5.41) is 3.85. The summed E-state index contributed by atoms with van der Waals surface area (Å²) < 4.78 is 0. The number of nitrogens with one attached hydrogen (secondary N) is 1. The Bertz CT molecular complexity index is 809. The quantitative estimate of drug-likeness (QED) is 0.682. The molecule has 0 heterocycles. The predicted octanol–water partition coefficient (Wildman–Crippen LogP) is 4.52. The van der Waals surface area contributed by atoms with Gasteiger partial charge in [0.1, 0.15) is 6.04 Å². The minimum Gasteiger partial charge on any atom is -0.352 e. The summed E-state index contributed by atoms with van der Waals surface area (Å²) >= 11 is 12.2. The molecular weight excluding hydrogens is 395 g/mol. The number of hydrogen-bond donors (Lipinski definition) is 1. The van der Waals surface area contributed by atoms with E-state index in [0.29, 0.717) is 28.6 Å². The number of rotatable bonds is 8. The van der Waals surface area contributed by atoms with E-state index in [2.05, 4.69) is 5.32 Å². The van der Waals surface area contributed by atoms with Crippen LogP contribution in [0.3, 0.4) is 0 Å². The first kappa shape index (κ1) is 22.3. The molecule has 6 heteroatoms. The van der Waals surface area contributed by atoms with Gasteiger partial charge in [0.2, 0.25) is 11.8 Å². The highest BCUT2D eigenvalue weighted by Gasteiger charge is 2.26. The normalized spacial score (nSPS) is 11.9. The molecule has 0 radical (unpaired) electrons. The van der Waals surface area contributed by atoms with Crippen LogP contribution >= 0.6 is 23.2 Å². The summed E-state index contributed by atoms with van der Waals surface area (Å²) in [7, 11) is 0. The molecule has 2 aromatic carbocycles. The number of hydrogen-bond acceptors (Lipinski definition) is 2. The Morgan fingerprint density at radius 2 is 1.71 bits per heavy atom. The molecule has 0 aromatic heterocycles. The fourth-order valence-corrected chi connectivity index (χ4v) is 3.38. The number of carbonyl (C=O) groups is 2. The molecule has 0 aliphatic rings. The maximum absolute atomic E-state index is 13.1. The molecule has 0 fully saturated rings. The Kier molecular flexibility index (Phi) is 8.34. The van der Waals surface area contributed by atoms with E-state index in [1.807, 2.05) is 44.2 Å². The third-order valence-electron chi connectivity index (χ3n) is 4.44. The van der Waals surface area contributed by atoms with Gasteiger partial charge >= 0.3 is 0 Å². The first-order valence-corrected chi connectivity index (χ1v) is 10.1. The molecule has 28 heavy (non-hydrogen) atoms. The fourth-order valence-electron chi connectivity index (χ4n) is 2.90. The van der Waals surface area contributed by atoms with E-state index in [-0.39, 0.29) is 24.3 Å². The third-order valence-corrected chi connectivity index (χ3v) is 5.03. The van der Waals surface area contributed by atoms with Gasteiger partial charge in [-0.2, -0.15) is 0 Å². The number of halogens is 2. The van der Waals surface area contributed by atoms with Crippen molar-refractivity contribution in [3.05, 3.63) is 69.7 Å². The number of amides is 2. The molecule has 2 rings (SSSR count). The lowest BCUT2D eigenvalue weighted by molar-refractivity contribution is -0.139. The molecule has 0 spiro atoms. The molecule has 4 nitrogen and oxygen atoms in total. The zero-order valence-electron chi connectivity index (χ0n) is 16.4. The van der Waals surface area contributed by atoms with Crippen LogP contribution in [0.4, 0.5) is 0 Å². The lowest BCUT2D eigenvalue weighted by Crippen LogP contribution is -2.50. The molecule has 2 aromatic rings. The summed E-state index contributed by atoms with van der Waals surface area (Å²) in [5.41, 5.74) is 1.80. The van der Waals surface area contributed by atoms with Crippen molar-refractivity contribution in [1.29, 1.82) is 0 Å². The fraction of sp³-hybridized carbons (Fsp3) is 0.364. The molecule has 0 saturated carbocycles. The van der Waals surface area contributed by atoms with Crippen LogP contribution in [0.15, 0.2) is 48.5 Å². The minimum atomic E-state index is -0.579. The lowest BCUT2D eigenvalue weighted by atomic mass is 10.1. The van der Waals surface area contributed by atoms with Gasteiger partial charge in [0.05, 0.1) is 6.42 Å². The van der Waals surface area contributed by atoms with Crippen LogP contribution < -0.4 is 5.32 Å². The second kappa shape index (κ2) is 10.5. The van der Waals surface area contributed by atoms with Crippen LogP contribution in [0.25, 0.3) is 0 Å². The van der Waals surface area contributed by atoms with Crippen molar-refractivity contribution < 1.29 is 9.59 Å². The van der Waals surface area contributed by atoms with Crippen molar-refractivity contribution in [2.45, 2.75) is 45.7 Å². The smallest absolute Gasteiger partial charge is 0.242 e. The molecule has 1 unspecified atom stereocenters. The molecule has 0 bridgehead atoms. The second-order valence-corrected chi connectivity index (χ2v) is 7.92. The number of carbonyl (C=O) groups excluding carboxylic acids is 2. The number of nitrogens with zero attached hydrogens (tertiary/aromatic N) is 1. The highest BCUT2D eigenvalue weighted by Crippen LogP contribution is 2.22. The Hall–Kier alpha value is -2.04. The van der Waals surface area contributed by atoms with Gasteiger partial charge in [0.25, 0.3) is 0 Å². The summed E-state index contributed by atoms with van der Waals surface area (Å²) in [6.07, 6.45) is 0.782. The van der Waals surface area contributed by atoms with Gasteiger partial charge < -0.3 is 10.2 Å². The van der Waals surface area contributed by atoms with Crippen molar-refractivity contribution in [3.8, 4) is 0 Å². The van der Waals surface area contributed by atoms with E-state index in [1.165, 1.54) is 0 Å². The van der Waals surface area contributed by atoms with Crippen molar-refractivity contribution in [2.75, 3.05) is 6.54 Å². The van der Waals surface area contributed by atoms with Crippen molar-refractivity contribution in [3.63, 3.8) is 0 Å². The maximum atomic E-state index is 13.1. The molecule has 1 N–H and O–H groups in total. The van der Waals surface area contributed by atoms with Crippen LogP contribution in [0.1, 0.15) is 31.9 Å². The monoisotopic (exact) mass is 420 g/mol. The van der Waals surface area contributed by atoms with Gasteiger partial charge in [-0.1, -0.05) is 59.6 Å². The average molecular weight is 421 g/mol. The van der Waals surface area contributed by atoms with E-state index in [9.17, 15) is 9.59 Å². The SMILES string of the molecule is CC(C)NC(=O)C(C)N(CCc1ccccc1)C(=O)Cc1ccc(Cl)cc1Cl. The van der Waals surface area contributed by atoms with Gasteiger partial charge in [0.15, 0.2) is 0 Å². The van der Waals surface area contributed by atoms with Crippen LogP contribution in [0.5, 0.6) is 0 Å². The number of benzene rings is 2. The molecule has 2 amide bonds. The molecule has 150 valence electrons. The molecule has 1 atom stereocenters. The Morgan fingerprint density at radius 1 is 1.04 bits per heavy atom. The highest BCUT2D eigenvalue weighted by atomic mass is 35.5. The highest BCUT2D eigenvalue weighted by molar-refractivity contribution is 6.35. The molecule has 0 aliphatic heterocycles. The lowest BCUT2D eigenvalue weighted by Gasteiger charge is -2.29. The van der Waals surface area contributed by atoms with Crippen molar-refractivity contribution in [1.82, 2.24) is 10.2 Å². The maximum Gasteiger partial charge on any atom is 0.242 e. The van der Waals surface area contributed by atoms with Gasteiger partial charge in [-0.15, -0.1) is 0 Å². The van der Waals surface area contributed by atoms with Crippen molar-refractivity contribution >= 4 is 35.0 Å². The van der Waals surface area contributed by atoms with E-state index < -0.39 is 6.04 Å². The van der Waals surface area contributed by atoms with Crippen LogP contribution in [0, 0.1) is 0 Å². The second-order valence-electron chi connectivity index (χ2n) is 7.07. The van der Waals surface area contributed by atoms with Crippen molar-refractivity contribution in [2.24, 2.45) is 0 Å². The Balaban J connectivity index is 2.17. The van der Waals surface area contributed by atoms with E-state index >= 15 is 0 Å². The summed E-state index contributed by atoms with van der Waals surface area (Å²) in [4.78, 5) is 27.2. The average Bonchev–Trinajstić information content (AvgIpc) is 2.64. The summed E-state index contributed by atoms with van der Waals surface area (Å²) in [6.45, 7) is 5.99. The zero-order valence-corrected chi connectivity index (χ0v) is 17.9. The van der Waals surface area contributed by atoms with Crippen LogP contribution in [-0.4, -0.2) is 35.3 Å². The molecular formula is C22H26Cl2N2O2. The largest absolute Gasteiger partial charge is 0.352 e.